The standard InChI is InChI=1S/C17H15NO/c1-12-6-7-13(2)14(9-12)15-10-18-8-4-3-5-17(18)16(15)11-19/h3-11H,1-2H3. The first-order chi connectivity index (χ1) is 9.20. The summed E-state index contributed by atoms with van der Waals surface area (Å²) in [5.41, 5.74) is 6.23. The van der Waals surface area contributed by atoms with Crippen molar-refractivity contribution in [2.45, 2.75) is 13.8 Å². The van der Waals surface area contributed by atoms with E-state index in [-0.39, 0.29) is 0 Å². The number of nitrogens with zero attached hydrogens (tertiary/aromatic N) is 1. The van der Waals surface area contributed by atoms with Gasteiger partial charge in [0.1, 0.15) is 0 Å². The maximum absolute atomic E-state index is 11.5. The number of carbonyl (C=O) groups excluding carboxylic acids is 1. The lowest BCUT2D eigenvalue weighted by molar-refractivity contribution is 0.112. The molecule has 0 atom stereocenters. The Hall–Kier alpha value is -2.35. The van der Waals surface area contributed by atoms with E-state index in [4.69, 9.17) is 0 Å². The SMILES string of the molecule is Cc1ccc(C)c(-c2cn3ccccc3c2C=O)c1. The molecule has 19 heavy (non-hydrogen) atoms. The van der Waals surface area contributed by atoms with Gasteiger partial charge in [-0.05, 0) is 37.1 Å². The minimum Gasteiger partial charge on any atom is -0.322 e. The van der Waals surface area contributed by atoms with Crippen LogP contribution in [0.3, 0.4) is 0 Å². The molecule has 0 saturated carbocycles. The van der Waals surface area contributed by atoms with E-state index in [9.17, 15) is 4.79 Å². The van der Waals surface area contributed by atoms with E-state index in [2.05, 4.69) is 32.0 Å². The maximum atomic E-state index is 11.5. The molecule has 0 unspecified atom stereocenters. The van der Waals surface area contributed by atoms with Crippen molar-refractivity contribution in [3.05, 3.63) is 65.5 Å². The molecule has 2 nitrogen and oxygen atoms in total. The third-order valence-corrected chi connectivity index (χ3v) is 3.53. The number of aldehydes is 1. The van der Waals surface area contributed by atoms with Crippen molar-refractivity contribution in [1.82, 2.24) is 4.40 Å². The largest absolute Gasteiger partial charge is 0.322 e. The van der Waals surface area contributed by atoms with Crippen LogP contribution in [-0.2, 0) is 0 Å². The van der Waals surface area contributed by atoms with Crippen molar-refractivity contribution in [3.63, 3.8) is 0 Å². The van der Waals surface area contributed by atoms with Gasteiger partial charge in [0.15, 0.2) is 6.29 Å². The lowest BCUT2D eigenvalue weighted by atomic mass is 9.97. The van der Waals surface area contributed by atoms with Crippen molar-refractivity contribution in [2.24, 2.45) is 0 Å². The predicted molar refractivity (Wildman–Crippen MR) is 77.7 cm³/mol. The van der Waals surface area contributed by atoms with Crippen LogP contribution in [0.25, 0.3) is 16.6 Å². The zero-order valence-electron chi connectivity index (χ0n) is 11.1. The fourth-order valence-corrected chi connectivity index (χ4v) is 2.51. The molecule has 2 heteroatoms. The van der Waals surface area contributed by atoms with E-state index in [1.807, 2.05) is 35.0 Å². The van der Waals surface area contributed by atoms with Crippen LogP contribution in [0.2, 0.25) is 0 Å². The molecule has 0 N–H and O–H groups in total. The Bertz CT molecular complexity index is 768. The van der Waals surface area contributed by atoms with Gasteiger partial charge in [-0.2, -0.15) is 0 Å². The van der Waals surface area contributed by atoms with Gasteiger partial charge in [0.05, 0.1) is 5.52 Å². The van der Waals surface area contributed by atoms with E-state index in [1.54, 1.807) is 0 Å². The Balaban J connectivity index is 2.36. The average molecular weight is 249 g/mol. The summed E-state index contributed by atoms with van der Waals surface area (Å²) in [6, 6.07) is 12.2. The average Bonchev–Trinajstić information content (AvgIpc) is 2.79. The highest BCUT2D eigenvalue weighted by atomic mass is 16.1. The van der Waals surface area contributed by atoms with Crippen LogP contribution in [0.15, 0.2) is 48.8 Å². The Morgan fingerprint density at radius 2 is 1.89 bits per heavy atom. The van der Waals surface area contributed by atoms with Crippen LogP contribution in [-0.4, -0.2) is 10.7 Å². The monoisotopic (exact) mass is 249 g/mol. The molecule has 0 saturated heterocycles. The number of pyridine rings is 1. The molecule has 0 aliphatic carbocycles. The first kappa shape index (κ1) is 11.7. The normalized spacial score (nSPS) is 10.8. The Labute approximate surface area is 112 Å². The van der Waals surface area contributed by atoms with Crippen molar-refractivity contribution < 1.29 is 4.79 Å². The lowest BCUT2D eigenvalue weighted by Crippen LogP contribution is -1.87. The minimum absolute atomic E-state index is 0.759. The number of aryl methyl sites for hydroxylation is 2. The quantitative estimate of drug-likeness (QED) is 0.628. The van der Waals surface area contributed by atoms with Gasteiger partial charge in [0, 0.05) is 23.5 Å². The van der Waals surface area contributed by atoms with Crippen LogP contribution < -0.4 is 0 Å². The van der Waals surface area contributed by atoms with E-state index in [0.717, 1.165) is 28.5 Å². The van der Waals surface area contributed by atoms with Gasteiger partial charge >= 0.3 is 0 Å². The van der Waals surface area contributed by atoms with Crippen LogP contribution in [0, 0.1) is 13.8 Å². The zero-order valence-corrected chi connectivity index (χ0v) is 11.1. The minimum atomic E-state index is 0.759. The molecule has 3 aromatic rings. The molecule has 2 aromatic heterocycles. The molecule has 0 aliphatic heterocycles. The van der Waals surface area contributed by atoms with Crippen molar-refractivity contribution in [3.8, 4) is 11.1 Å². The van der Waals surface area contributed by atoms with E-state index in [0.29, 0.717) is 0 Å². The molecule has 0 amide bonds. The van der Waals surface area contributed by atoms with Crippen LogP contribution in [0.5, 0.6) is 0 Å². The van der Waals surface area contributed by atoms with Crippen molar-refractivity contribution in [1.29, 1.82) is 0 Å². The number of hydrogen-bond donors (Lipinski definition) is 0. The van der Waals surface area contributed by atoms with Gasteiger partial charge in [-0.3, -0.25) is 4.79 Å². The van der Waals surface area contributed by atoms with Crippen LogP contribution >= 0.6 is 0 Å². The Morgan fingerprint density at radius 3 is 2.68 bits per heavy atom. The van der Waals surface area contributed by atoms with Gasteiger partial charge < -0.3 is 4.40 Å². The summed E-state index contributed by atoms with van der Waals surface area (Å²) < 4.78 is 2.00. The number of hydrogen-bond acceptors (Lipinski definition) is 1. The number of aromatic nitrogens is 1. The molecule has 0 aliphatic rings. The summed E-state index contributed by atoms with van der Waals surface area (Å²) >= 11 is 0. The molecule has 94 valence electrons. The molecule has 0 radical (unpaired) electrons. The highest BCUT2D eigenvalue weighted by molar-refractivity contribution is 5.97. The topological polar surface area (TPSA) is 21.5 Å². The number of rotatable bonds is 2. The molecule has 1 aromatic carbocycles. The predicted octanol–water partition coefficient (Wildman–Crippen LogP) is 4.04. The first-order valence-electron chi connectivity index (χ1n) is 6.33. The number of carbonyl (C=O) groups is 1. The highest BCUT2D eigenvalue weighted by Crippen LogP contribution is 2.30. The molecule has 0 bridgehead atoms. The van der Waals surface area contributed by atoms with Crippen molar-refractivity contribution >= 4 is 11.8 Å². The van der Waals surface area contributed by atoms with Gasteiger partial charge in [-0.1, -0.05) is 29.8 Å². The second-order valence-electron chi connectivity index (χ2n) is 4.89. The smallest absolute Gasteiger partial charge is 0.152 e. The van der Waals surface area contributed by atoms with Gasteiger partial charge in [-0.25, -0.2) is 0 Å². The van der Waals surface area contributed by atoms with Gasteiger partial charge in [-0.15, -0.1) is 0 Å². The summed E-state index contributed by atoms with van der Waals surface area (Å²) in [5.74, 6) is 0. The fourth-order valence-electron chi connectivity index (χ4n) is 2.51. The molecule has 0 spiro atoms. The molecule has 0 fully saturated rings. The van der Waals surface area contributed by atoms with E-state index < -0.39 is 0 Å². The van der Waals surface area contributed by atoms with Gasteiger partial charge in [0.2, 0.25) is 0 Å². The molecule has 2 heterocycles. The van der Waals surface area contributed by atoms with Crippen LogP contribution in [0.4, 0.5) is 0 Å². The van der Waals surface area contributed by atoms with E-state index >= 15 is 0 Å². The first-order valence-corrected chi connectivity index (χ1v) is 6.33. The summed E-state index contributed by atoms with van der Waals surface area (Å²) in [7, 11) is 0. The Morgan fingerprint density at radius 1 is 1.05 bits per heavy atom. The fraction of sp³-hybridized carbons (Fsp3) is 0.118. The third kappa shape index (κ3) is 1.85. The lowest BCUT2D eigenvalue weighted by Gasteiger charge is -2.06. The maximum Gasteiger partial charge on any atom is 0.152 e. The van der Waals surface area contributed by atoms with E-state index in [1.165, 1.54) is 11.1 Å². The van der Waals surface area contributed by atoms with Gasteiger partial charge in [0.25, 0.3) is 0 Å². The third-order valence-electron chi connectivity index (χ3n) is 3.53. The molecule has 3 rings (SSSR count). The molecular weight excluding hydrogens is 234 g/mol. The summed E-state index contributed by atoms with van der Waals surface area (Å²) in [4.78, 5) is 11.5. The summed E-state index contributed by atoms with van der Waals surface area (Å²) in [6.45, 7) is 4.14. The zero-order chi connectivity index (χ0) is 13.4. The second-order valence-corrected chi connectivity index (χ2v) is 4.89. The molecular formula is C17H15NO. The second kappa shape index (κ2) is 4.39. The number of benzene rings is 1. The summed E-state index contributed by atoms with van der Waals surface area (Å²) in [6.07, 6.45) is 4.95. The highest BCUT2D eigenvalue weighted by Gasteiger charge is 2.13. The Kier molecular flexibility index (Phi) is 2.71. The number of fused-ring (bicyclic) bond motifs is 1. The summed E-state index contributed by atoms with van der Waals surface area (Å²) in [5, 5.41) is 0. The van der Waals surface area contributed by atoms with Crippen molar-refractivity contribution in [2.75, 3.05) is 0 Å². The van der Waals surface area contributed by atoms with Crippen LogP contribution in [0.1, 0.15) is 21.5 Å².